The summed E-state index contributed by atoms with van der Waals surface area (Å²) in [4.78, 5) is 11.6. The van der Waals surface area contributed by atoms with Crippen LogP contribution in [0.1, 0.15) is 44.5 Å². The number of hydrazine groups is 1. The molecule has 1 aliphatic heterocycles. The van der Waals surface area contributed by atoms with Gasteiger partial charge < -0.3 is 15.6 Å². The third-order valence-electron chi connectivity index (χ3n) is 4.19. The van der Waals surface area contributed by atoms with Crippen LogP contribution in [-0.4, -0.2) is 41.0 Å². The first-order valence-corrected chi connectivity index (χ1v) is 7.86. The normalized spacial score (nSPS) is 19.2. The molecule has 0 bridgehead atoms. The standard InChI is InChI=1S/C15H28N6/c1-5-21-7-6-12(9-21)8-17-14-11(4)15(20-16)19-13(18-14)10(2)3/h10,12H,5-9,16H2,1-4H3,(H2,17,18,19,20). The predicted octanol–water partition coefficient (Wildman–Crippen LogP) is 1.95. The Balaban J connectivity index is 2.06. The van der Waals surface area contributed by atoms with E-state index in [1.165, 1.54) is 19.5 Å². The van der Waals surface area contributed by atoms with Crippen molar-refractivity contribution in [3.63, 3.8) is 0 Å². The van der Waals surface area contributed by atoms with Crippen LogP contribution in [0, 0.1) is 12.8 Å². The molecule has 1 saturated heterocycles. The molecule has 0 aromatic carbocycles. The summed E-state index contributed by atoms with van der Waals surface area (Å²) in [5.74, 6) is 8.96. The number of hydrogen-bond donors (Lipinski definition) is 3. The Morgan fingerprint density at radius 1 is 1.33 bits per heavy atom. The largest absolute Gasteiger partial charge is 0.369 e. The Morgan fingerprint density at radius 2 is 2.05 bits per heavy atom. The Morgan fingerprint density at radius 3 is 2.62 bits per heavy atom. The second-order valence-corrected chi connectivity index (χ2v) is 6.13. The quantitative estimate of drug-likeness (QED) is 0.549. The predicted molar refractivity (Wildman–Crippen MR) is 87.4 cm³/mol. The smallest absolute Gasteiger partial charge is 0.148 e. The first-order chi connectivity index (χ1) is 10.0. The van der Waals surface area contributed by atoms with E-state index in [9.17, 15) is 0 Å². The summed E-state index contributed by atoms with van der Waals surface area (Å²) in [7, 11) is 0. The van der Waals surface area contributed by atoms with Gasteiger partial charge in [-0.1, -0.05) is 20.8 Å². The van der Waals surface area contributed by atoms with E-state index in [1.807, 2.05) is 6.92 Å². The van der Waals surface area contributed by atoms with Crippen molar-refractivity contribution < 1.29 is 0 Å². The molecule has 1 aromatic heterocycles. The lowest BCUT2D eigenvalue weighted by Crippen LogP contribution is -2.23. The van der Waals surface area contributed by atoms with E-state index >= 15 is 0 Å². The average Bonchev–Trinajstić information content (AvgIpc) is 2.94. The van der Waals surface area contributed by atoms with Crippen LogP contribution in [0.2, 0.25) is 0 Å². The second kappa shape index (κ2) is 7.04. The van der Waals surface area contributed by atoms with Crippen LogP contribution < -0.4 is 16.6 Å². The molecule has 0 spiro atoms. The minimum Gasteiger partial charge on any atom is -0.369 e. The van der Waals surface area contributed by atoms with Gasteiger partial charge in [-0.2, -0.15) is 0 Å². The number of rotatable bonds is 6. The van der Waals surface area contributed by atoms with E-state index in [-0.39, 0.29) is 5.92 Å². The average molecular weight is 292 g/mol. The first-order valence-electron chi connectivity index (χ1n) is 7.86. The summed E-state index contributed by atoms with van der Waals surface area (Å²) in [5.41, 5.74) is 3.65. The Bertz CT molecular complexity index is 473. The lowest BCUT2D eigenvalue weighted by atomic mass is 10.1. The number of nitrogens with two attached hydrogens (primary N) is 1. The molecule has 6 nitrogen and oxygen atoms in total. The highest BCUT2D eigenvalue weighted by molar-refractivity contribution is 5.56. The molecule has 1 aromatic rings. The molecule has 0 radical (unpaired) electrons. The third kappa shape index (κ3) is 3.83. The van der Waals surface area contributed by atoms with Gasteiger partial charge in [0.15, 0.2) is 0 Å². The molecular weight excluding hydrogens is 264 g/mol. The number of aromatic nitrogens is 2. The minimum atomic E-state index is 0.278. The zero-order valence-corrected chi connectivity index (χ0v) is 13.6. The Hall–Kier alpha value is -1.40. The molecular formula is C15H28N6. The van der Waals surface area contributed by atoms with Crippen LogP contribution >= 0.6 is 0 Å². The van der Waals surface area contributed by atoms with Gasteiger partial charge in [-0.05, 0) is 32.4 Å². The maximum atomic E-state index is 5.57. The summed E-state index contributed by atoms with van der Waals surface area (Å²) in [6.07, 6.45) is 1.25. The van der Waals surface area contributed by atoms with E-state index in [2.05, 4.69) is 46.4 Å². The lowest BCUT2D eigenvalue weighted by Gasteiger charge is -2.17. The number of nitrogens with zero attached hydrogens (tertiary/aromatic N) is 3. The van der Waals surface area contributed by atoms with Gasteiger partial charge in [-0.15, -0.1) is 0 Å². The molecule has 0 saturated carbocycles. The van der Waals surface area contributed by atoms with Crippen molar-refractivity contribution in [2.75, 3.05) is 36.9 Å². The van der Waals surface area contributed by atoms with Gasteiger partial charge in [0, 0.05) is 24.6 Å². The fourth-order valence-electron chi connectivity index (χ4n) is 2.71. The number of hydrogen-bond acceptors (Lipinski definition) is 6. The van der Waals surface area contributed by atoms with Crippen molar-refractivity contribution in [3.05, 3.63) is 11.4 Å². The SMILES string of the molecule is CCN1CCC(CNc2nc(C(C)C)nc(NN)c2C)C1. The highest BCUT2D eigenvalue weighted by atomic mass is 15.3. The Kier molecular flexibility index (Phi) is 5.36. The molecule has 1 aliphatic rings. The van der Waals surface area contributed by atoms with Crippen molar-refractivity contribution in [1.82, 2.24) is 14.9 Å². The number of nitrogen functional groups attached to an aromatic ring is 1. The van der Waals surface area contributed by atoms with Crippen molar-refractivity contribution in [2.45, 2.75) is 40.0 Å². The van der Waals surface area contributed by atoms with Gasteiger partial charge in [0.25, 0.3) is 0 Å². The third-order valence-corrected chi connectivity index (χ3v) is 4.19. The topological polar surface area (TPSA) is 79.1 Å². The van der Waals surface area contributed by atoms with E-state index < -0.39 is 0 Å². The van der Waals surface area contributed by atoms with Crippen LogP contribution in [0.5, 0.6) is 0 Å². The van der Waals surface area contributed by atoms with Crippen LogP contribution in [0.3, 0.4) is 0 Å². The summed E-state index contributed by atoms with van der Waals surface area (Å²) in [6, 6.07) is 0. The zero-order valence-electron chi connectivity index (χ0n) is 13.6. The second-order valence-electron chi connectivity index (χ2n) is 6.13. The maximum Gasteiger partial charge on any atom is 0.148 e. The van der Waals surface area contributed by atoms with Crippen molar-refractivity contribution in [1.29, 1.82) is 0 Å². The fourth-order valence-corrected chi connectivity index (χ4v) is 2.71. The molecule has 0 aliphatic carbocycles. The van der Waals surface area contributed by atoms with E-state index in [0.29, 0.717) is 11.7 Å². The number of nitrogens with one attached hydrogen (secondary N) is 2. The zero-order chi connectivity index (χ0) is 15.4. The number of anilines is 2. The van der Waals surface area contributed by atoms with Gasteiger partial charge in [-0.25, -0.2) is 15.8 Å². The van der Waals surface area contributed by atoms with Gasteiger partial charge in [0.2, 0.25) is 0 Å². The molecule has 2 rings (SSSR count). The molecule has 2 heterocycles. The van der Waals surface area contributed by atoms with Gasteiger partial charge >= 0.3 is 0 Å². The first kappa shape index (κ1) is 16.0. The maximum absolute atomic E-state index is 5.57. The molecule has 118 valence electrons. The van der Waals surface area contributed by atoms with Gasteiger partial charge in [-0.3, -0.25) is 0 Å². The van der Waals surface area contributed by atoms with E-state index in [0.717, 1.165) is 30.3 Å². The Labute approximate surface area is 127 Å². The summed E-state index contributed by atoms with van der Waals surface area (Å²) in [6.45, 7) is 12.9. The molecule has 1 fully saturated rings. The van der Waals surface area contributed by atoms with Crippen LogP contribution in [0.25, 0.3) is 0 Å². The van der Waals surface area contributed by atoms with Crippen LogP contribution in [0.15, 0.2) is 0 Å². The molecule has 0 amide bonds. The summed E-state index contributed by atoms with van der Waals surface area (Å²) < 4.78 is 0. The molecule has 4 N–H and O–H groups in total. The van der Waals surface area contributed by atoms with Gasteiger partial charge in [0.1, 0.15) is 17.5 Å². The number of likely N-dealkylation sites (tertiary alicyclic amines) is 1. The lowest BCUT2D eigenvalue weighted by molar-refractivity contribution is 0.345. The van der Waals surface area contributed by atoms with E-state index in [4.69, 9.17) is 5.84 Å². The minimum absolute atomic E-state index is 0.278. The fraction of sp³-hybridized carbons (Fsp3) is 0.733. The molecule has 6 heteroatoms. The molecule has 1 atom stereocenters. The molecule has 21 heavy (non-hydrogen) atoms. The van der Waals surface area contributed by atoms with Gasteiger partial charge in [0.05, 0.1) is 0 Å². The highest BCUT2D eigenvalue weighted by Gasteiger charge is 2.21. The molecule has 1 unspecified atom stereocenters. The van der Waals surface area contributed by atoms with Crippen molar-refractivity contribution in [3.8, 4) is 0 Å². The summed E-state index contributed by atoms with van der Waals surface area (Å²) in [5, 5.41) is 3.50. The van der Waals surface area contributed by atoms with Crippen molar-refractivity contribution in [2.24, 2.45) is 11.8 Å². The van der Waals surface area contributed by atoms with Crippen LogP contribution in [0.4, 0.5) is 11.6 Å². The monoisotopic (exact) mass is 292 g/mol. The van der Waals surface area contributed by atoms with Crippen molar-refractivity contribution >= 4 is 11.6 Å². The van der Waals surface area contributed by atoms with E-state index in [1.54, 1.807) is 0 Å². The van der Waals surface area contributed by atoms with Crippen LogP contribution in [-0.2, 0) is 0 Å². The highest BCUT2D eigenvalue weighted by Crippen LogP contribution is 2.23. The summed E-state index contributed by atoms with van der Waals surface area (Å²) >= 11 is 0.